The molecule has 4 N–H and O–H groups in total. The number of carbonyl (C=O) groups excluding carboxylic acids is 1. The lowest BCUT2D eigenvalue weighted by Crippen LogP contribution is -2.35. The average molecular weight is 337 g/mol. The summed E-state index contributed by atoms with van der Waals surface area (Å²) < 4.78 is 0. The topological polar surface area (TPSA) is 113 Å². The predicted octanol–water partition coefficient (Wildman–Crippen LogP) is 1.32. The molecule has 0 radical (unpaired) electrons. The Hall–Kier alpha value is -3.16. The lowest BCUT2D eigenvalue weighted by molar-refractivity contribution is -0.119. The molecule has 128 valence electrons. The van der Waals surface area contributed by atoms with Crippen LogP contribution in [0.3, 0.4) is 0 Å². The van der Waals surface area contributed by atoms with E-state index in [0.717, 1.165) is 47.5 Å². The number of H-pyrrole nitrogens is 1. The third-order valence-electron chi connectivity index (χ3n) is 4.44. The summed E-state index contributed by atoms with van der Waals surface area (Å²) in [6, 6.07) is 4.00. The first-order chi connectivity index (χ1) is 12.1. The quantitative estimate of drug-likeness (QED) is 0.664. The summed E-state index contributed by atoms with van der Waals surface area (Å²) in [6.07, 6.45) is 6.25. The van der Waals surface area contributed by atoms with Crippen molar-refractivity contribution in [3.63, 3.8) is 0 Å². The summed E-state index contributed by atoms with van der Waals surface area (Å²) in [5, 5.41) is 4.00. The molecule has 0 bridgehead atoms. The van der Waals surface area contributed by atoms with Gasteiger partial charge in [-0.1, -0.05) is 0 Å². The van der Waals surface area contributed by atoms with Crippen LogP contribution in [0, 0.1) is 0 Å². The number of nitrogen functional groups attached to an aromatic ring is 1. The van der Waals surface area contributed by atoms with E-state index in [1.165, 1.54) is 0 Å². The fourth-order valence-electron chi connectivity index (χ4n) is 3.41. The maximum atomic E-state index is 11.3. The van der Waals surface area contributed by atoms with Gasteiger partial charge in [-0.15, -0.1) is 0 Å². The lowest BCUT2D eigenvalue weighted by atomic mass is 10.1. The summed E-state index contributed by atoms with van der Waals surface area (Å²) in [4.78, 5) is 29.5. The van der Waals surface area contributed by atoms with Crippen LogP contribution in [-0.4, -0.2) is 45.0 Å². The van der Waals surface area contributed by atoms with E-state index >= 15 is 0 Å². The Morgan fingerprint density at radius 3 is 3.00 bits per heavy atom. The van der Waals surface area contributed by atoms with Crippen molar-refractivity contribution in [1.82, 2.24) is 25.3 Å². The average Bonchev–Trinajstić information content (AvgIpc) is 3.21. The second-order valence-electron chi connectivity index (χ2n) is 6.19. The second-order valence-corrected chi connectivity index (χ2v) is 6.19. The highest BCUT2D eigenvalue weighted by Gasteiger charge is 2.26. The summed E-state index contributed by atoms with van der Waals surface area (Å²) >= 11 is 0. The molecular formula is C17H19N7O. The molecule has 1 aliphatic rings. The van der Waals surface area contributed by atoms with Gasteiger partial charge in [-0.25, -0.2) is 15.0 Å². The number of pyridine rings is 1. The maximum Gasteiger partial charge on any atom is 0.220 e. The van der Waals surface area contributed by atoms with Gasteiger partial charge in [-0.3, -0.25) is 4.79 Å². The minimum absolute atomic E-state index is 0.00511. The molecule has 1 atom stereocenters. The number of aromatic nitrogens is 4. The van der Waals surface area contributed by atoms with Crippen LogP contribution in [0.1, 0.15) is 13.3 Å². The number of aromatic amines is 1. The van der Waals surface area contributed by atoms with Crippen LogP contribution in [0.5, 0.6) is 0 Å². The van der Waals surface area contributed by atoms with Crippen LogP contribution in [0.2, 0.25) is 0 Å². The molecule has 4 rings (SSSR count). The number of amides is 1. The molecule has 8 nitrogen and oxygen atoms in total. The van der Waals surface area contributed by atoms with Gasteiger partial charge in [0, 0.05) is 50.2 Å². The number of nitrogens with two attached hydrogens (primary N) is 1. The maximum absolute atomic E-state index is 11.3. The molecule has 1 saturated heterocycles. The number of rotatable bonds is 3. The largest absolute Gasteiger partial charge is 0.369 e. The van der Waals surface area contributed by atoms with Gasteiger partial charge in [-0.2, -0.15) is 0 Å². The number of anilines is 2. The second kappa shape index (κ2) is 6.04. The number of carbonyl (C=O) groups is 1. The van der Waals surface area contributed by atoms with E-state index in [0.29, 0.717) is 0 Å². The van der Waals surface area contributed by atoms with Gasteiger partial charge in [0.1, 0.15) is 5.65 Å². The van der Waals surface area contributed by atoms with Crippen LogP contribution in [0.4, 0.5) is 11.6 Å². The summed E-state index contributed by atoms with van der Waals surface area (Å²) in [5.74, 6) is 0.245. The molecule has 8 heteroatoms. The van der Waals surface area contributed by atoms with E-state index in [4.69, 9.17) is 5.73 Å². The number of fused-ring (bicyclic) bond motifs is 1. The van der Waals surface area contributed by atoms with Crippen molar-refractivity contribution in [1.29, 1.82) is 0 Å². The minimum Gasteiger partial charge on any atom is -0.369 e. The fraction of sp³-hybridized carbons (Fsp3) is 0.294. The van der Waals surface area contributed by atoms with Crippen LogP contribution >= 0.6 is 0 Å². The Morgan fingerprint density at radius 2 is 2.20 bits per heavy atom. The van der Waals surface area contributed by atoms with E-state index < -0.39 is 0 Å². The van der Waals surface area contributed by atoms with Crippen LogP contribution < -0.4 is 16.0 Å². The number of hydrogen-bond donors (Lipinski definition) is 3. The predicted molar refractivity (Wildman–Crippen MR) is 96.0 cm³/mol. The third kappa shape index (κ3) is 2.86. The van der Waals surface area contributed by atoms with E-state index in [2.05, 4.69) is 30.2 Å². The Balaban J connectivity index is 1.75. The van der Waals surface area contributed by atoms with Gasteiger partial charge >= 0.3 is 0 Å². The fourth-order valence-corrected chi connectivity index (χ4v) is 3.41. The number of hydrogen-bond acceptors (Lipinski definition) is 6. The van der Waals surface area contributed by atoms with Gasteiger partial charge < -0.3 is 20.9 Å². The standard InChI is InChI=1S/C17H19N7O/c1-10(25)22-11-4-7-24(9-11)14-3-6-19-16-15(14)12(8-21-16)13-2-5-20-17(18)23-13/h2-3,5-6,8,11H,4,7,9H2,1H3,(H,19,21)(H,22,25)(H2,18,20,23). The van der Waals surface area contributed by atoms with Crippen molar-refractivity contribution in [3.05, 3.63) is 30.7 Å². The van der Waals surface area contributed by atoms with Gasteiger partial charge in [0.15, 0.2) is 0 Å². The molecule has 0 saturated carbocycles. The third-order valence-corrected chi connectivity index (χ3v) is 4.44. The first-order valence-electron chi connectivity index (χ1n) is 8.19. The molecule has 3 aromatic rings. The molecule has 4 heterocycles. The molecule has 25 heavy (non-hydrogen) atoms. The van der Waals surface area contributed by atoms with Crippen molar-refractivity contribution >= 4 is 28.6 Å². The summed E-state index contributed by atoms with van der Waals surface area (Å²) in [6.45, 7) is 3.20. The highest BCUT2D eigenvalue weighted by Crippen LogP contribution is 2.35. The molecule has 1 aliphatic heterocycles. The highest BCUT2D eigenvalue weighted by atomic mass is 16.1. The van der Waals surface area contributed by atoms with Crippen molar-refractivity contribution < 1.29 is 4.79 Å². The van der Waals surface area contributed by atoms with Crippen LogP contribution in [-0.2, 0) is 4.79 Å². The molecular weight excluding hydrogens is 318 g/mol. The number of nitrogens with one attached hydrogen (secondary N) is 2. The number of nitrogens with zero attached hydrogens (tertiary/aromatic N) is 4. The smallest absolute Gasteiger partial charge is 0.220 e. The van der Waals surface area contributed by atoms with Gasteiger partial charge in [0.2, 0.25) is 11.9 Å². The van der Waals surface area contributed by atoms with Gasteiger partial charge in [-0.05, 0) is 18.6 Å². The molecule has 1 unspecified atom stereocenters. The zero-order valence-electron chi connectivity index (χ0n) is 13.9. The minimum atomic E-state index is 0.00511. The molecule has 1 fully saturated rings. The zero-order chi connectivity index (χ0) is 17.4. The normalized spacial score (nSPS) is 17.2. The zero-order valence-corrected chi connectivity index (χ0v) is 13.9. The molecule has 0 spiro atoms. The van der Waals surface area contributed by atoms with E-state index in [-0.39, 0.29) is 17.9 Å². The van der Waals surface area contributed by atoms with E-state index in [9.17, 15) is 4.79 Å². The van der Waals surface area contributed by atoms with Crippen molar-refractivity contribution in [3.8, 4) is 11.3 Å². The monoisotopic (exact) mass is 337 g/mol. The lowest BCUT2D eigenvalue weighted by Gasteiger charge is -2.20. The molecule has 0 aliphatic carbocycles. The Bertz CT molecular complexity index is 936. The van der Waals surface area contributed by atoms with Crippen LogP contribution in [0.25, 0.3) is 22.3 Å². The Morgan fingerprint density at radius 1 is 1.36 bits per heavy atom. The van der Waals surface area contributed by atoms with E-state index in [1.54, 1.807) is 19.3 Å². The SMILES string of the molecule is CC(=O)NC1CCN(c2ccnc3[nH]cc(-c4ccnc(N)n4)c23)C1. The Labute approximate surface area is 144 Å². The first kappa shape index (κ1) is 15.4. The highest BCUT2D eigenvalue weighted by molar-refractivity contribution is 6.02. The molecule has 3 aromatic heterocycles. The van der Waals surface area contributed by atoms with Crippen molar-refractivity contribution in [2.45, 2.75) is 19.4 Å². The van der Waals surface area contributed by atoms with Gasteiger partial charge in [0.25, 0.3) is 0 Å². The Kier molecular flexibility index (Phi) is 3.72. The van der Waals surface area contributed by atoms with Gasteiger partial charge in [0.05, 0.1) is 16.8 Å². The molecule has 1 amide bonds. The summed E-state index contributed by atoms with van der Waals surface area (Å²) in [7, 11) is 0. The molecule has 0 aromatic carbocycles. The van der Waals surface area contributed by atoms with E-state index in [1.807, 2.05) is 18.3 Å². The van der Waals surface area contributed by atoms with Crippen LogP contribution in [0.15, 0.2) is 30.7 Å². The van der Waals surface area contributed by atoms with Crippen molar-refractivity contribution in [2.75, 3.05) is 23.7 Å². The summed E-state index contributed by atoms with van der Waals surface area (Å²) in [5.41, 5.74) is 9.30. The van der Waals surface area contributed by atoms with Crippen molar-refractivity contribution in [2.24, 2.45) is 0 Å². The first-order valence-corrected chi connectivity index (χ1v) is 8.19.